The van der Waals surface area contributed by atoms with Crippen LogP contribution in [0.5, 0.6) is 5.75 Å². The van der Waals surface area contributed by atoms with E-state index in [4.69, 9.17) is 15.7 Å². The molecule has 2 aromatic carbocycles. The molecule has 0 aromatic heterocycles. The highest BCUT2D eigenvalue weighted by Gasteiger charge is 2.35. The number of nitrogens with one attached hydrogen (secondary N) is 1. The minimum absolute atomic E-state index is 0.378. The van der Waals surface area contributed by atoms with Crippen LogP contribution < -0.4 is 15.8 Å². The van der Waals surface area contributed by atoms with E-state index in [1.807, 2.05) is 13.0 Å². The molecule has 0 saturated heterocycles. The van der Waals surface area contributed by atoms with Crippen LogP contribution in [-0.4, -0.2) is 17.7 Å². The van der Waals surface area contributed by atoms with Crippen LogP contribution in [0.15, 0.2) is 42.5 Å². The topological polar surface area (TPSA) is 108 Å². The van der Waals surface area contributed by atoms with Crippen LogP contribution in [-0.2, 0) is 10.3 Å². The molecule has 0 fully saturated rings. The Kier molecular flexibility index (Phi) is 4.95. The van der Waals surface area contributed by atoms with Gasteiger partial charge in [0, 0.05) is 5.69 Å². The first-order valence-corrected chi connectivity index (χ1v) is 7.45. The molecular weight excluding hydrogens is 306 g/mol. The van der Waals surface area contributed by atoms with Crippen molar-refractivity contribution >= 4 is 17.3 Å². The van der Waals surface area contributed by atoms with E-state index in [0.717, 1.165) is 0 Å². The van der Waals surface area contributed by atoms with Gasteiger partial charge in [-0.3, -0.25) is 0 Å². The van der Waals surface area contributed by atoms with E-state index in [0.29, 0.717) is 34.9 Å². The Bertz CT molecular complexity index is 781. The molecule has 0 radical (unpaired) electrons. The fourth-order valence-electron chi connectivity index (χ4n) is 2.31. The second-order valence-corrected chi connectivity index (χ2v) is 5.43. The Morgan fingerprint density at radius 1 is 1.33 bits per heavy atom. The van der Waals surface area contributed by atoms with E-state index in [1.165, 1.54) is 0 Å². The van der Waals surface area contributed by atoms with Crippen LogP contribution in [0.3, 0.4) is 0 Å². The van der Waals surface area contributed by atoms with Gasteiger partial charge in [-0.25, -0.2) is 4.79 Å². The zero-order valence-corrected chi connectivity index (χ0v) is 13.5. The van der Waals surface area contributed by atoms with E-state index in [-0.39, 0.29) is 0 Å². The van der Waals surface area contributed by atoms with Gasteiger partial charge in [-0.2, -0.15) is 5.26 Å². The molecule has 124 valence electrons. The quantitative estimate of drug-likeness (QED) is 0.705. The second kappa shape index (κ2) is 6.92. The minimum atomic E-state index is -1.38. The molecule has 0 heterocycles. The SMILES string of the molecule is CCOc1ccc(C(C)(Nc2ccc(C#N)cc2)C(=O)O)cc1N. The normalized spacial score (nSPS) is 12.7. The molecule has 0 amide bonds. The highest BCUT2D eigenvalue weighted by molar-refractivity contribution is 5.84. The molecule has 0 aliphatic rings. The number of hydrogen-bond donors (Lipinski definition) is 3. The van der Waals surface area contributed by atoms with Crippen molar-refractivity contribution < 1.29 is 14.6 Å². The van der Waals surface area contributed by atoms with Crippen molar-refractivity contribution in [1.29, 1.82) is 5.26 Å². The van der Waals surface area contributed by atoms with Crippen LogP contribution in [0.1, 0.15) is 25.0 Å². The van der Waals surface area contributed by atoms with Crippen LogP contribution in [0.25, 0.3) is 0 Å². The number of anilines is 2. The molecule has 24 heavy (non-hydrogen) atoms. The van der Waals surface area contributed by atoms with E-state index in [1.54, 1.807) is 49.4 Å². The summed E-state index contributed by atoms with van der Waals surface area (Å²) in [5.41, 5.74) is 6.54. The summed E-state index contributed by atoms with van der Waals surface area (Å²) in [5.74, 6) is -0.525. The van der Waals surface area contributed by atoms with Gasteiger partial charge in [0.15, 0.2) is 5.54 Å². The van der Waals surface area contributed by atoms with Gasteiger partial charge < -0.3 is 20.9 Å². The number of carboxylic acid groups (broad SMARTS) is 1. The number of hydrogen-bond acceptors (Lipinski definition) is 5. The van der Waals surface area contributed by atoms with Gasteiger partial charge in [0.05, 0.1) is 23.9 Å². The highest BCUT2D eigenvalue weighted by Crippen LogP contribution is 2.32. The molecule has 6 heteroatoms. The maximum atomic E-state index is 11.9. The van der Waals surface area contributed by atoms with Crippen molar-refractivity contribution in [2.24, 2.45) is 0 Å². The lowest BCUT2D eigenvalue weighted by molar-refractivity contribution is -0.142. The van der Waals surface area contributed by atoms with Crippen LogP contribution in [0.4, 0.5) is 11.4 Å². The minimum Gasteiger partial charge on any atom is -0.492 e. The van der Waals surface area contributed by atoms with Crippen molar-refractivity contribution in [2.75, 3.05) is 17.7 Å². The van der Waals surface area contributed by atoms with E-state index < -0.39 is 11.5 Å². The number of carboxylic acids is 1. The van der Waals surface area contributed by atoms with Gasteiger partial charge in [0.25, 0.3) is 0 Å². The molecule has 2 aromatic rings. The summed E-state index contributed by atoms with van der Waals surface area (Å²) in [5, 5.41) is 21.6. The predicted octanol–water partition coefficient (Wildman–Crippen LogP) is 2.95. The zero-order chi connectivity index (χ0) is 17.7. The molecule has 0 aliphatic carbocycles. The fourth-order valence-corrected chi connectivity index (χ4v) is 2.31. The molecule has 0 bridgehead atoms. The molecule has 0 aliphatic heterocycles. The van der Waals surface area contributed by atoms with E-state index in [9.17, 15) is 9.90 Å². The Balaban J connectivity index is 2.38. The zero-order valence-electron chi connectivity index (χ0n) is 13.5. The van der Waals surface area contributed by atoms with Gasteiger partial charge in [0.1, 0.15) is 5.75 Å². The first-order valence-electron chi connectivity index (χ1n) is 7.45. The maximum Gasteiger partial charge on any atom is 0.333 e. The number of ether oxygens (including phenoxy) is 1. The lowest BCUT2D eigenvalue weighted by atomic mass is 9.91. The summed E-state index contributed by atoms with van der Waals surface area (Å²) < 4.78 is 5.39. The Labute approximate surface area is 140 Å². The van der Waals surface area contributed by atoms with Gasteiger partial charge in [-0.15, -0.1) is 0 Å². The Hall–Kier alpha value is -3.20. The van der Waals surface area contributed by atoms with Crippen molar-refractivity contribution in [3.8, 4) is 11.8 Å². The van der Waals surface area contributed by atoms with Gasteiger partial charge >= 0.3 is 5.97 Å². The van der Waals surface area contributed by atoms with Crippen LogP contribution >= 0.6 is 0 Å². The first kappa shape index (κ1) is 17.2. The lowest BCUT2D eigenvalue weighted by Crippen LogP contribution is -2.40. The van der Waals surface area contributed by atoms with Crippen molar-refractivity contribution in [3.05, 3.63) is 53.6 Å². The number of nitrogens with two attached hydrogens (primary N) is 1. The third-order valence-corrected chi connectivity index (χ3v) is 3.72. The van der Waals surface area contributed by atoms with Crippen molar-refractivity contribution in [3.63, 3.8) is 0 Å². The molecule has 1 atom stereocenters. The molecule has 4 N–H and O–H groups in total. The number of benzene rings is 2. The number of rotatable bonds is 6. The summed E-state index contributed by atoms with van der Waals surface area (Å²) in [4.78, 5) is 11.9. The van der Waals surface area contributed by atoms with Crippen LogP contribution in [0.2, 0.25) is 0 Å². The molecule has 0 saturated carbocycles. The number of nitrogens with zero attached hydrogens (tertiary/aromatic N) is 1. The van der Waals surface area contributed by atoms with E-state index >= 15 is 0 Å². The number of nitrogen functional groups attached to an aromatic ring is 1. The standard InChI is InChI=1S/C18H19N3O3/c1-3-24-16-9-6-13(10-15(16)20)18(2,17(22)23)21-14-7-4-12(11-19)5-8-14/h4-10,21H,3,20H2,1-2H3,(H,22,23). The van der Waals surface area contributed by atoms with Gasteiger partial charge in [-0.1, -0.05) is 6.07 Å². The fraction of sp³-hybridized carbons (Fsp3) is 0.222. The molecule has 1 unspecified atom stereocenters. The maximum absolute atomic E-state index is 11.9. The summed E-state index contributed by atoms with van der Waals surface area (Å²) in [6.07, 6.45) is 0. The first-order chi connectivity index (χ1) is 11.4. The average molecular weight is 325 g/mol. The predicted molar refractivity (Wildman–Crippen MR) is 91.8 cm³/mol. The smallest absolute Gasteiger partial charge is 0.333 e. The summed E-state index contributed by atoms with van der Waals surface area (Å²) in [7, 11) is 0. The molecule has 2 rings (SSSR count). The summed E-state index contributed by atoms with van der Waals surface area (Å²) in [6.45, 7) is 3.88. The largest absolute Gasteiger partial charge is 0.492 e. The van der Waals surface area contributed by atoms with Crippen molar-refractivity contribution in [1.82, 2.24) is 0 Å². The van der Waals surface area contributed by atoms with Crippen molar-refractivity contribution in [2.45, 2.75) is 19.4 Å². The summed E-state index contributed by atoms with van der Waals surface area (Å²) in [6, 6.07) is 13.5. The Morgan fingerprint density at radius 3 is 2.50 bits per heavy atom. The number of carbonyl (C=O) groups is 1. The third kappa shape index (κ3) is 3.41. The molecule has 6 nitrogen and oxygen atoms in total. The average Bonchev–Trinajstić information content (AvgIpc) is 2.57. The van der Waals surface area contributed by atoms with Crippen LogP contribution in [0, 0.1) is 11.3 Å². The number of aliphatic carboxylic acids is 1. The number of nitriles is 1. The third-order valence-electron chi connectivity index (χ3n) is 3.72. The molecule has 0 spiro atoms. The summed E-state index contributed by atoms with van der Waals surface area (Å²) >= 11 is 0. The second-order valence-electron chi connectivity index (χ2n) is 5.43. The Morgan fingerprint density at radius 2 is 2.00 bits per heavy atom. The lowest BCUT2D eigenvalue weighted by Gasteiger charge is -2.28. The highest BCUT2D eigenvalue weighted by atomic mass is 16.5. The molecular formula is C18H19N3O3. The monoisotopic (exact) mass is 325 g/mol. The van der Waals surface area contributed by atoms with E-state index in [2.05, 4.69) is 5.32 Å². The van der Waals surface area contributed by atoms with Gasteiger partial charge in [-0.05, 0) is 55.8 Å². The van der Waals surface area contributed by atoms with Gasteiger partial charge in [0.2, 0.25) is 0 Å².